The summed E-state index contributed by atoms with van der Waals surface area (Å²) in [4.78, 5) is 12.7. The van der Waals surface area contributed by atoms with Crippen LogP contribution in [0.2, 0.25) is 5.02 Å². The molecule has 0 spiro atoms. The van der Waals surface area contributed by atoms with Crippen molar-refractivity contribution in [1.29, 1.82) is 0 Å². The van der Waals surface area contributed by atoms with Crippen LogP contribution in [0.4, 0.5) is 0 Å². The number of furan rings is 1. The van der Waals surface area contributed by atoms with Crippen LogP contribution < -0.4 is 5.32 Å². The molecule has 5 nitrogen and oxygen atoms in total. The first kappa shape index (κ1) is 16.3. The second-order valence-electron chi connectivity index (χ2n) is 5.70. The Labute approximate surface area is 145 Å². The van der Waals surface area contributed by atoms with Crippen molar-refractivity contribution in [3.05, 3.63) is 76.0 Å². The number of halogens is 1. The van der Waals surface area contributed by atoms with Crippen LogP contribution in [0.3, 0.4) is 0 Å². The van der Waals surface area contributed by atoms with Gasteiger partial charge >= 0.3 is 0 Å². The molecule has 2 heterocycles. The van der Waals surface area contributed by atoms with Crippen LogP contribution >= 0.6 is 11.6 Å². The third-order valence-corrected chi connectivity index (χ3v) is 4.05. The quantitative estimate of drug-likeness (QED) is 0.783. The van der Waals surface area contributed by atoms with Crippen LogP contribution in [0.15, 0.2) is 47.0 Å². The lowest BCUT2D eigenvalue weighted by Gasteiger charge is -2.17. The van der Waals surface area contributed by atoms with Gasteiger partial charge in [0.1, 0.15) is 11.5 Å². The van der Waals surface area contributed by atoms with Crippen molar-refractivity contribution in [2.45, 2.75) is 19.9 Å². The number of nitrogens with zero attached hydrogens (tertiary/aromatic N) is 2. The number of rotatable bonds is 4. The Hall–Kier alpha value is -2.53. The lowest BCUT2D eigenvalue weighted by molar-refractivity contribution is 0.0940. The molecule has 1 N–H and O–H groups in total. The topological polar surface area (TPSA) is 60.1 Å². The average Bonchev–Trinajstić information content (AvgIpc) is 3.11. The van der Waals surface area contributed by atoms with Crippen LogP contribution in [0.5, 0.6) is 0 Å². The van der Waals surface area contributed by atoms with Crippen LogP contribution in [-0.2, 0) is 7.05 Å². The lowest BCUT2D eigenvalue weighted by atomic mass is 10.0. The van der Waals surface area contributed by atoms with E-state index in [0.29, 0.717) is 22.1 Å². The predicted molar refractivity (Wildman–Crippen MR) is 92.2 cm³/mol. The van der Waals surface area contributed by atoms with Crippen molar-refractivity contribution in [3.8, 4) is 0 Å². The van der Waals surface area contributed by atoms with Crippen molar-refractivity contribution in [2.75, 3.05) is 0 Å². The maximum atomic E-state index is 12.7. The summed E-state index contributed by atoms with van der Waals surface area (Å²) in [6, 6.07) is 10.6. The number of carbonyl (C=O) groups is 1. The van der Waals surface area contributed by atoms with E-state index in [9.17, 15) is 4.79 Å². The second-order valence-corrected chi connectivity index (χ2v) is 6.14. The Morgan fingerprint density at radius 1 is 1.25 bits per heavy atom. The minimum Gasteiger partial charge on any atom is -0.466 e. The van der Waals surface area contributed by atoms with E-state index in [2.05, 4.69) is 10.4 Å². The molecule has 0 fully saturated rings. The number of hydrogen-bond acceptors (Lipinski definition) is 3. The van der Waals surface area contributed by atoms with E-state index in [0.717, 1.165) is 11.3 Å². The first-order valence-electron chi connectivity index (χ1n) is 7.57. The standard InChI is InChI=1S/C18H18ClN3O2/c1-11-10-15(12(2)24-11)18(23)20-17(16-8-9-22(3)21-16)13-4-6-14(19)7-5-13/h4-10,17H,1-3H3,(H,20,23). The molecule has 3 rings (SSSR count). The zero-order chi connectivity index (χ0) is 17.3. The van der Waals surface area contributed by atoms with Gasteiger partial charge in [-0.3, -0.25) is 9.48 Å². The van der Waals surface area contributed by atoms with E-state index < -0.39 is 0 Å². The predicted octanol–water partition coefficient (Wildman–Crippen LogP) is 3.80. The molecular formula is C18H18ClN3O2. The number of carbonyl (C=O) groups excluding carboxylic acids is 1. The van der Waals surface area contributed by atoms with E-state index in [4.69, 9.17) is 16.0 Å². The molecule has 0 aliphatic rings. The summed E-state index contributed by atoms with van der Waals surface area (Å²) in [5.41, 5.74) is 2.19. The average molecular weight is 344 g/mol. The zero-order valence-corrected chi connectivity index (χ0v) is 14.5. The lowest BCUT2D eigenvalue weighted by Crippen LogP contribution is -2.30. The summed E-state index contributed by atoms with van der Waals surface area (Å²) in [5, 5.41) is 8.11. The molecule has 1 unspecified atom stereocenters. The van der Waals surface area contributed by atoms with Crippen LogP contribution in [-0.4, -0.2) is 15.7 Å². The van der Waals surface area contributed by atoms with Crippen molar-refractivity contribution in [2.24, 2.45) is 7.05 Å². The Morgan fingerprint density at radius 3 is 2.50 bits per heavy atom. The van der Waals surface area contributed by atoms with Gasteiger partial charge in [-0.15, -0.1) is 0 Å². The third kappa shape index (κ3) is 3.36. The van der Waals surface area contributed by atoms with Crippen LogP contribution in [0.25, 0.3) is 0 Å². The van der Waals surface area contributed by atoms with Gasteiger partial charge in [0, 0.05) is 18.3 Å². The molecule has 1 amide bonds. The maximum absolute atomic E-state index is 12.7. The molecule has 2 aromatic heterocycles. The molecule has 0 saturated carbocycles. The number of aryl methyl sites for hydroxylation is 3. The molecule has 0 bridgehead atoms. The molecule has 0 radical (unpaired) electrons. The Balaban J connectivity index is 1.94. The van der Waals surface area contributed by atoms with Crippen molar-refractivity contribution in [3.63, 3.8) is 0 Å². The third-order valence-electron chi connectivity index (χ3n) is 3.79. The summed E-state index contributed by atoms with van der Waals surface area (Å²) in [6.45, 7) is 3.60. The highest BCUT2D eigenvalue weighted by Crippen LogP contribution is 2.24. The fourth-order valence-electron chi connectivity index (χ4n) is 2.64. The molecule has 1 atom stereocenters. The Bertz CT molecular complexity index is 865. The summed E-state index contributed by atoms with van der Waals surface area (Å²) in [7, 11) is 1.84. The molecule has 0 saturated heterocycles. The Kier molecular flexibility index (Phi) is 4.44. The van der Waals surface area contributed by atoms with Crippen molar-refractivity contribution >= 4 is 17.5 Å². The number of amides is 1. The number of nitrogens with one attached hydrogen (secondary N) is 1. The van der Waals surface area contributed by atoms with Crippen molar-refractivity contribution in [1.82, 2.24) is 15.1 Å². The van der Waals surface area contributed by atoms with Crippen molar-refractivity contribution < 1.29 is 9.21 Å². The van der Waals surface area contributed by atoms with E-state index >= 15 is 0 Å². The summed E-state index contributed by atoms with van der Waals surface area (Å²) in [6.07, 6.45) is 1.84. The SMILES string of the molecule is Cc1cc(C(=O)NC(c2ccc(Cl)cc2)c2ccn(C)n2)c(C)o1. The molecular weight excluding hydrogens is 326 g/mol. The Morgan fingerprint density at radius 2 is 1.96 bits per heavy atom. The summed E-state index contributed by atoms with van der Waals surface area (Å²) < 4.78 is 7.16. The zero-order valence-electron chi connectivity index (χ0n) is 13.7. The first-order valence-corrected chi connectivity index (χ1v) is 7.95. The molecule has 0 aliphatic heterocycles. The van der Waals surface area contributed by atoms with Gasteiger partial charge in [-0.2, -0.15) is 5.10 Å². The molecule has 3 aromatic rings. The monoisotopic (exact) mass is 343 g/mol. The minimum atomic E-state index is -0.370. The van der Waals surface area contributed by atoms with Crippen LogP contribution in [0.1, 0.15) is 39.2 Å². The highest BCUT2D eigenvalue weighted by molar-refractivity contribution is 6.30. The first-order chi connectivity index (χ1) is 11.4. The summed E-state index contributed by atoms with van der Waals surface area (Å²) in [5.74, 6) is 1.11. The van der Waals surface area contributed by atoms with Gasteiger partial charge in [-0.05, 0) is 43.7 Å². The van der Waals surface area contributed by atoms with Gasteiger partial charge in [0.05, 0.1) is 17.3 Å². The molecule has 6 heteroatoms. The van der Waals surface area contributed by atoms with Gasteiger partial charge in [-0.1, -0.05) is 23.7 Å². The fraction of sp³-hybridized carbons (Fsp3) is 0.222. The largest absolute Gasteiger partial charge is 0.466 e. The molecule has 24 heavy (non-hydrogen) atoms. The summed E-state index contributed by atoms with van der Waals surface area (Å²) >= 11 is 5.97. The normalized spacial score (nSPS) is 12.2. The molecule has 124 valence electrons. The minimum absolute atomic E-state index is 0.199. The van der Waals surface area contributed by atoms with Gasteiger partial charge in [-0.25, -0.2) is 0 Å². The van der Waals surface area contributed by atoms with Crippen LogP contribution in [0, 0.1) is 13.8 Å². The van der Waals surface area contributed by atoms with Gasteiger partial charge in [0.15, 0.2) is 0 Å². The number of aromatic nitrogens is 2. The molecule has 1 aromatic carbocycles. The van der Waals surface area contributed by atoms with Gasteiger partial charge in [0.25, 0.3) is 5.91 Å². The van der Waals surface area contributed by atoms with Gasteiger partial charge < -0.3 is 9.73 Å². The van der Waals surface area contributed by atoms with E-state index in [-0.39, 0.29) is 11.9 Å². The molecule has 0 aliphatic carbocycles. The second kappa shape index (κ2) is 6.53. The van der Waals surface area contributed by atoms with E-state index in [1.807, 2.05) is 38.4 Å². The van der Waals surface area contributed by atoms with E-state index in [1.165, 1.54) is 0 Å². The van der Waals surface area contributed by atoms with Gasteiger partial charge in [0.2, 0.25) is 0 Å². The highest BCUT2D eigenvalue weighted by Gasteiger charge is 2.22. The smallest absolute Gasteiger partial charge is 0.255 e. The fourth-order valence-corrected chi connectivity index (χ4v) is 2.76. The highest BCUT2D eigenvalue weighted by atomic mass is 35.5. The van der Waals surface area contributed by atoms with E-state index in [1.54, 1.807) is 29.8 Å². The maximum Gasteiger partial charge on any atom is 0.255 e. The number of hydrogen-bond donors (Lipinski definition) is 1. The number of benzene rings is 1.